The second-order valence-electron chi connectivity index (χ2n) is 9.18. The van der Waals surface area contributed by atoms with Crippen LogP contribution in [0.3, 0.4) is 0 Å². The number of amides is 1. The predicted molar refractivity (Wildman–Crippen MR) is 119 cm³/mol. The summed E-state index contributed by atoms with van der Waals surface area (Å²) in [6.07, 6.45) is 4.63. The molecule has 4 rings (SSSR count). The lowest BCUT2D eigenvalue weighted by Gasteiger charge is -2.35. The number of hydrogen-bond donors (Lipinski definition) is 0. The molecule has 0 aromatic heterocycles. The van der Waals surface area contributed by atoms with Crippen molar-refractivity contribution in [3.63, 3.8) is 0 Å². The van der Waals surface area contributed by atoms with Gasteiger partial charge in [0.15, 0.2) is 0 Å². The molecule has 2 aliphatic heterocycles. The average Bonchev–Trinajstić information content (AvgIpc) is 3.01. The zero-order valence-electron chi connectivity index (χ0n) is 18.3. The van der Waals surface area contributed by atoms with Crippen molar-refractivity contribution in [2.24, 2.45) is 0 Å². The molecule has 0 aliphatic carbocycles. The second kappa shape index (κ2) is 8.47. The fourth-order valence-corrected chi connectivity index (χ4v) is 4.31. The molecule has 0 saturated carbocycles. The molecule has 160 valence electrons. The van der Waals surface area contributed by atoms with Gasteiger partial charge >= 0.3 is 6.09 Å². The second-order valence-corrected chi connectivity index (χ2v) is 9.18. The molecule has 31 heavy (non-hydrogen) atoms. The van der Waals surface area contributed by atoms with Crippen LogP contribution in [0.5, 0.6) is 5.75 Å². The number of ether oxygens (including phenoxy) is 2. The molecule has 2 aromatic carbocycles. The van der Waals surface area contributed by atoms with Crippen LogP contribution in [0.1, 0.15) is 56.7 Å². The molecule has 2 atom stereocenters. The van der Waals surface area contributed by atoms with Crippen molar-refractivity contribution in [1.82, 2.24) is 4.90 Å². The summed E-state index contributed by atoms with van der Waals surface area (Å²) in [6.45, 7) is 6.10. The van der Waals surface area contributed by atoms with E-state index in [-0.39, 0.29) is 18.2 Å². The van der Waals surface area contributed by atoms with Gasteiger partial charge in [0.1, 0.15) is 24.0 Å². The van der Waals surface area contributed by atoms with Crippen molar-refractivity contribution < 1.29 is 14.3 Å². The number of carbonyl (C=O) groups is 1. The molecule has 2 aromatic rings. The molecule has 0 radical (unpaired) electrons. The minimum atomic E-state index is -0.501. The van der Waals surface area contributed by atoms with Crippen molar-refractivity contribution >= 4 is 11.7 Å². The first-order chi connectivity index (χ1) is 14.8. The zero-order chi connectivity index (χ0) is 22.0. The molecule has 2 bridgehead atoms. The van der Waals surface area contributed by atoms with Crippen molar-refractivity contribution in [3.05, 3.63) is 71.3 Å². The summed E-state index contributed by atoms with van der Waals surface area (Å²) in [5.74, 6) is 0.590. The highest BCUT2D eigenvalue weighted by Crippen LogP contribution is 2.40. The van der Waals surface area contributed by atoms with E-state index in [1.54, 1.807) is 0 Å². The van der Waals surface area contributed by atoms with E-state index in [0.717, 1.165) is 30.4 Å². The van der Waals surface area contributed by atoms with Gasteiger partial charge in [-0.25, -0.2) is 4.79 Å². The van der Waals surface area contributed by atoms with E-state index >= 15 is 0 Å². The molecule has 2 unspecified atom stereocenters. The van der Waals surface area contributed by atoms with Crippen LogP contribution in [-0.2, 0) is 11.3 Å². The Kier molecular flexibility index (Phi) is 5.73. The van der Waals surface area contributed by atoms with Crippen LogP contribution < -0.4 is 4.74 Å². The van der Waals surface area contributed by atoms with Crippen LogP contribution in [0, 0.1) is 11.3 Å². The largest absolute Gasteiger partial charge is 0.488 e. The van der Waals surface area contributed by atoms with E-state index in [0.29, 0.717) is 17.9 Å². The van der Waals surface area contributed by atoms with Gasteiger partial charge in [-0.3, -0.25) is 4.90 Å². The molecule has 0 spiro atoms. The smallest absolute Gasteiger partial charge is 0.411 e. The first-order valence-electron chi connectivity index (χ1n) is 10.8. The van der Waals surface area contributed by atoms with E-state index in [1.165, 1.54) is 5.57 Å². The van der Waals surface area contributed by atoms with Crippen LogP contribution in [-0.4, -0.2) is 28.7 Å². The zero-order valence-corrected chi connectivity index (χ0v) is 18.3. The van der Waals surface area contributed by atoms with Gasteiger partial charge in [-0.15, -0.1) is 0 Å². The average molecular weight is 417 g/mol. The maximum Gasteiger partial charge on any atom is 0.411 e. The lowest BCUT2D eigenvalue weighted by Crippen LogP contribution is -2.45. The van der Waals surface area contributed by atoms with E-state index in [1.807, 2.05) is 74.2 Å². The number of rotatable bonds is 4. The third-order valence-electron chi connectivity index (χ3n) is 5.71. The Morgan fingerprint density at radius 3 is 2.61 bits per heavy atom. The molecule has 1 amide bonds. The number of carbonyl (C=O) groups excluding carboxylic acids is 1. The first-order valence-corrected chi connectivity index (χ1v) is 10.8. The van der Waals surface area contributed by atoms with Crippen LogP contribution in [0.15, 0.2) is 54.6 Å². The van der Waals surface area contributed by atoms with Gasteiger partial charge in [0.25, 0.3) is 0 Å². The van der Waals surface area contributed by atoms with E-state index in [2.05, 4.69) is 12.1 Å². The lowest BCUT2D eigenvalue weighted by atomic mass is 9.94. The topological polar surface area (TPSA) is 62.6 Å². The maximum absolute atomic E-state index is 12.7. The fraction of sp³-hybridized carbons (Fsp3) is 0.385. The highest BCUT2D eigenvalue weighted by Gasteiger charge is 2.41. The van der Waals surface area contributed by atoms with Gasteiger partial charge in [-0.05, 0) is 68.9 Å². The Morgan fingerprint density at radius 2 is 1.94 bits per heavy atom. The summed E-state index contributed by atoms with van der Waals surface area (Å²) in [5.41, 5.74) is 3.32. The van der Waals surface area contributed by atoms with Crippen LogP contribution in [0.2, 0.25) is 0 Å². The molecule has 5 heteroatoms. The SMILES string of the molecule is CC(C)(C)OC(=O)N1C2C=C(c3ccc(C#N)c(OCc4ccccc4)c3)CC1CC2. The molecular weight excluding hydrogens is 388 g/mol. The van der Waals surface area contributed by atoms with Crippen molar-refractivity contribution in [3.8, 4) is 11.8 Å². The minimum absolute atomic E-state index is 0.0490. The summed E-state index contributed by atoms with van der Waals surface area (Å²) in [4.78, 5) is 14.6. The summed E-state index contributed by atoms with van der Waals surface area (Å²) < 4.78 is 11.6. The van der Waals surface area contributed by atoms with Gasteiger partial charge in [0.05, 0.1) is 11.6 Å². The maximum atomic E-state index is 12.7. The Morgan fingerprint density at radius 1 is 1.16 bits per heavy atom. The number of nitrogens with zero attached hydrogens (tertiary/aromatic N) is 2. The Balaban J connectivity index is 1.54. The number of hydrogen-bond acceptors (Lipinski definition) is 4. The monoisotopic (exact) mass is 416 g/mol. The van der Waals surface area contributed by atoms with E-state index in [9.17, 15) is 10.1 Å². The predicted octanol–water partition coefficient (Wildman–Crippen LogP) is 5.69. The Labute approximate surface area is 183 Å². The summed E-state index contributed by atoms with van der Waals surface area (Å²) in [5, 5.41) is 9.50. The Bertz CT molecular complexity index is 1030. The standard InChI is InChI=1S/C26H28N2O3/c1-26(2,3)31-25(29)28-22-11-12-23(28)14-21(13-22)19-9-10-20(16-27)24(15-19)30-17-18-7-5-4-6-8-18/h4-10,13,15,22-23H,11-12,14,17H2,1-3H3. The van der Waals surface area contributed by atoms with Gasteiger partial charge in [-0.1, -0.05) is 42.5 Å². The Hall–Kier alpha value is -3.26. The minimum Gasteiger partial charge on any atom is -0.488 e. The van der Waals surface area contributed by atoms with Gasteiger partial charge in [0, 0.05) is 6.04 Å². The number of fused-ring (bicyclic) bond motifs is 2. The highest BCUT2D eigenvalue weighted by atomic mass is 16.6. The van der Waals surface area contributed by atoms with Crippen molar-refractivity contribution in [2.75, 3.05) is 0 Å². The molecule has 1 saturated heterocycles. The fourth-order valence-electron chi connectivity index (χ4n) is 4.31. The molecule has 0 N–H and O–H groups in total. The van der Waals surface area contributed by atoms with Crippen molar-refractivity contribution in [2.45, 2.75) is 64.3 Å². The van der Waals surface area contributed by atoms with Gasteiger partial charge in [0.2, 0.25) is 0 Å². The molecule has 2 heterocycles. The number of nitriles is 1. The van der Waals surface area contributed by atoms with Gasteiger partial charge < -0.3 is 9.47 Å². The van der Waals surface area contributed by atoms with Crippen LogP contribution in [0.4, 0.5) is 4.79 Å². The molecule has 1 fully saturated rings. The molecule has 5 nitrogen and oxygen atoms in total. The quantitative estimate of drug-likeness (QED) is 0.642. The molecule has 2 aliphatic rings. The molecular formula is C26H28N2O3. The third-order valence-corrected chi connectivity index (χ3v) is 5.71. The number of benzene rings is 2. The van der Waals surface area contributed by atoms with Crippen LogP contribution in [0.25, 0.3) is 5.57 Å². The third kappa shape index (κ3) is 4.74. The van der Waals surface area contributed by atoms with Gasteiger partial charge in [-0.2, -0.15) is 5.26 Å². The van der Waals surface area contributed by atoms with Crippen molar-refractivity contribution in [1.29, 1.82) is 5.26 Å². The lowest BCUT2D eigenvalue weighted by molar-refractivity contribution is 0.0175. The summed E-state index contributed by atoms with van der Waals surface area (Å²) >= 11 is 0. The summed E-state index contributed by atoms with van der Waals surface area (Å²) in [7, 11) is 0. The highest BCUT2D eigenvalue weighted by molar-refractivity contribution is 5.76. The normalized spacial score (nSPS) is 20.1. The van der Waals surface area contributed by atoms with Crippen LogP contribution >= 0.6 is 0 Å². The van der Waals surface area contributed by atoms with E-state index < -0.39 is 5.60 Å². The first kappa shape index (κ1) is 21.0. The summed E-state index contributed by atoms with van der Waals surface area (Å²) in [6, 6.07) is 18.1. The van der Waals surface area contributed by atoms with E-state index in [4.69, 9.17) is 9.47 Å².